The molecule has 20 heavy (non-hydrogen) atoms. The molecular formula is C17H16O3. The molecule has 2 heterocycles. The van der Waals surface area contributed by atoms with Crippen molar-refractivity contribution in [3.8, 4) is 0 Å². The zero-order valence-electron chi connectivity index (χ0n) is 11.6. The Morgan fingerprint density at radius 3 is 1.65 bits per heavy atom. The van der Waals surface area contributed by atoms with Gasteiger partial charge in [0.15, 0.2) is 5.78 Å². The van der Waals surface area contributed by atoms with Crippen molar-refractivity contribution < 1.29 is 13.6 Å². The van der Waals surface area contributed by atoms with Crippen LogP contribution in [0.15, 0.2) is 44.2 Å². The molecule has 0 saturated heterocycles. The molecule has 1 aliphatic rings. The number of allylic oxidation sites excluding steroid dienone is 2. The number of carbonyl (C=O) groups excluding carboxylic acids is 1. The molecule has 0 aromatic carbocycles. The van der Waals surface area contributed by atoms with Crippen LogP contribution in [0.25, 0.3) is 12.2 Å². The summed E-state index contributed by atoms with van der Waals surface area (Å²) in [4.78, 5) is 12.3. The minimum Gasteiger partial charge on any atom is -0.462 e. The number of aryl methyl sites for hydroxylation is 2. The topological polar surface area (TPSA) is 43.4 Å². The second-order valence-electron chi connectivity index (χ2n) is 5.07. The fourth-order valence-electron chi connectivity index (χ4n) is 2.38. The van der Waals surface area contributed by atoms with Gasteiger partial charge in [0.05, 0.1) is 0 Å². The van der Waals surface area contributed by atoms with Gasteiger partial charge in [-0.2, -0.15) is 0 Å². The van der Waals surface area contributed by atoms with Crippen LogP contribution < -0.4 is 0 Å². The van der Waals surface area contributed by atoms with Crippen LogP contribution in [0, 0.1) is 13.8 Å². The molecule has 1 saturated carbocycles. The van der Waals surface area contributed by atoms with Gasteiger partial charge in [0.2, 0.25) is 0 Å². The van der Waals surface area contributed by atoms with Crippen molar-refractivity contribution in [1.29, 1.82) is 0 Å². The van der Waals surface area contributed by atoms with Crippen LogP contribution in [0.3, 0.4) is 0 Å². The maximum absolute atomic E-state index is 12.3. The third-order valence-corrected chi connectivity index (χ3v) is 3.40. The van der Waals surface area contributed by atoms with Crippen LogP contribution in [0.1, 0.15) is 35.9 Å². The molecule has 3 heteroatoms. The first-order valence-electron chi connectivity index (χ1n) is 6.70. The Morgan fingerprint density at radius 1 is 0.850 bits per heavy atom. The number of ketones is 1. The van der Waals surface area contributed by atoms with Crippen molar-refractivity contribution in [2.24, 2.45) is 0 Å². The summed E-state index contributed by atoms with van der Waals surface area (Å²) >= 11 is 0. The largest absolute Gasteiger partial charge is 0.462 e. The number of Topliss-reactive ketones (excluding diaryl/α,β-unsaturated/α-hetero) is 1. The zero-order valence-corrected chi connectivity index (χ0v) is 11.6. The van der Waals surface area contributed by atoms with Gasteiger partial charge in [-0.25, -0.2) is 0 Å². The minimum absolute atomic E-state index is 0.0908. The second-order valence-corrected chi connectivity index (χ2v) is 5.07. The van der Waals surface area contributed by atoms with Gasteiger partial charge < -0.3 is 8.83 Å². The Hall–Kier alpha value is -2.29. The third kappa shape index (κ3) is 2.52. The van der Waals surface area contributed by atoms with Gasteiger partial charge in [0, 0.05) is 11.1 Å². The molecule has 3 nitrogen and oxygen atoms in total. The molecule has 1 fully saturated rings. The van der Waals surface area contributed by atoms with Gasteiger partial charge in [0.25, 0.3) is 0 Å². The van der Waals surface area contributed by atoms with Crippen molar-refractivity contribution in [2.75, 3.05) is 0 Å². The lowest BCUT2D eigenvalue weighted by Gasteiger charge is -1.94. The van der Waals surface area contributed by atoms with E-state index in [1.165, 1.54) is 0 Å². The summed E-state index contributed by atoms with van der Waals surface area (Å²) in [5.74, 6) is 3.27. The lowest BCUT2D eigenvalue weighted by atomic mass is 10.1. The minimum atomic E-state index is 0.0908. The van der Waals surface area contributed by atoms with Crippen LogP contribution in [-0.4, -0.2) is 5.78 Å². The highest BCUT2D eigenvalue weighted by molar-refractivity contribution is 6.15. The normalized spacial score (nSPS) is 19.4. The molecule has 0 spiro atoms. The monoisotopic (exact) mass is 268 g/mol. The van der Waals surface area contributed by atoms with Gasteiger partial charge in [-0.1, -0.05) is 0 Å². The van der Waals surface area contributed by atoms with E-state index in [0.717, 1.165) is 47.0 Å². The Bertz CT molecular complexity index is 650. The molecule has 0 amide bonds. The summed E-state index contributed by atoms with van der Waals surface area (Å²) in [6.45, 7) is 3.78. The van der Waals surface area contributed by atoms with Crippen LogP contribution in [0.4, 0.5) is 0 Å². The van der Waals surface area contributed by atoms with Crippen molar-refractivity contribution in [2.45, 2.75) is 26.7 Å². The molecule has 2 aromatic heterocycles. The first kappa shape index (κ1) is 12.7. The van der Waals surface area contributed by atoms with Gasteiger partial charge in [0.1, 0.15) is 23.0 Å². The Kier molecular flexibility index (Phi) is 3.18. The fraction of sp³-hybridized carbons (Fsp3) is 0.235. The van der Waals surface area contributed by atoms with Gasteiger partial charge in [-0.05, 0) is 63.1 Å². The maximum atomic E-state index is 12.3. The Labute approximate surface area is 117 Å². The van der Waals surface area contributed by atoms with Crippen molar-refractivity contribution in [3.63, 3.8) is 0 Å². The van der Waals surface area contributed by atoms with E-state index in [2.05, 4.69) is 0 Å². The number of rotatable bonds is 2. The third-order valence-electron chi connectivity index (χ3n) is 3.40. The second kappa shape index (κ2) is 5.00. The molecule has 3 rings (SSSR count). The lowest BCUT2D eigenvalue weighted by molar-refractivity contribution is -0.111. The van der Waals surface area contributed by atoms with E-state index in [4.69, 9.17) is 8.83 Å². The summed E-state index contributed by atoms with van der Waals surface area (Å²) in [6.07, 6.45) is 5.18. The highest BCUT2D eigenvalue weighted by atomic mass is 16.3. The molecule has 102 valence electrons. The lowest BCUT2D eigenvalue weighted by Crippen LogP contribution is -1.95. The summed E-state index contributed by atoms with van der Waals surface area (Å²) in [5.41, 5.74) is 1.60. The van der Waals surface area contributed by atoms with Crippen LogP contribution in [-0.2, 0) is 4.79 Å². The highest BCUT2D eigenvalue weighted by Crippen LogP contribution is 2.30. The molecule has 2 aromatic rings. The van der Waals surface area contributed by atoms with E-state index in [0.29, 0.717) is 0 Å². The van der Waals surface area contributed by atoms with Crippen LogP contribution in [0.2, 0.25) is 0 Å². The van der Waals surface area contributed by atoms with E-state index >= 15 is 0 Å². The molecule has 0 atom stereocenters. The van der Waals surface area contributed by atoms with Crippen LogP contribution in [0.5, 0.6) is 0 Å². The predicted molar refractivity (Wildman–Crippen MR) is 77.1 cm³/mol. The standard InChI is InChI=1S/C17H16O3/c1-11-3-7-15(19-11)9-13-5-6-14(17(13)18)10-16-8-4-12(2)20-16/h3-4,7-10H,5-6H2,1-2H3/b13-9-,14-10+. The first-order chi connectivity index (χ1) is 9.61. The average Bonchev–Trinajstić information content (AvgIpc) is 3.08. The van der Waals surface area contributed by atoms with Gasteiger partial charge >= 0.3 is 0 Å². The number of furan rings is 2. The van der Waals surface area contributed by atoms with Gasteiger partial charge in [-0.3, -0.25) is 4.79 Å². The Balaban J connectivity index is 1.84. The fourth-order valence-corrected chi connectivity index (χ4v) is 2.38. The number of carbonyl (C=O) groups is 1. The summed E-state index contributed by atoms with van der Waals surface area (Å²) in [6, 6.07) is 7.56. The zero-order chi connectivity index (χ0) is 14.1. The van der Waals surface area contributed by atoms with E-state index in [1.807, 2.05) is 50.3 Å². The van der Waals surface area contributed by atoms with E-state index in [9.17, 15) is 4.79 Å². The van der Waals surface area contributed by atoms with E-state index in [-0.39, 0.29) is 5.78 Å². The Morgan fingerprint density at radius 2 is 1.30 bits per heavy atom. The first-order valence-corrected chi connectivity index (χ1v) is 6.70. The van der Waals surface area contributed by atoms with Crippen molar-refractivity contribution in [3.05, 3.63) is 58.5 Å². The molecule has 0 N–H and O–H groups in total. The molecule has 0 radical (unpaired) electrons. The molecule has 0 unspecified atom stereocenters. The van der Waals surface area contributed by atoms with E-state index in [1.54, 1.807) is 0 Å². The van der Waals surface area contributed by atoms with Crippen molar-refractivity contribution >= 4 is 17.9 Å². The highest BCUT2D eigenvalue weighted by Gasteiger charge is 2.23. The maximum Gasteiger partial charge on any atom is 0.185 e. The predicted octanol–water partition coefficient (Wildman–Crippen LogP) is 4.32. The average molecular weight is 268 g/mol. The SMILES string of the molecule is Cc1ccc(/C=C2/CC/C(=C\c3ccc(C)o3)C2=O)o1. The number of hydrogen-bond donors (Lipinski definition) is 0. The van der Waals surface area contributed by atoms with Gasteiger partial charge in [-0.15, -0.1) is 0 Å². The summed E-state index contributed by atoms with van der Waals surface area (Å²) in [5, 5.41) is 0. The quantitative estimate of drug-likeness (QED) is 0.762. The van der Waals surface area contributed by atoms with E-state index < -0.39 is 0 Å². The number of hydrogen-bond acceptors (Lipinski definition) is 3. The summed E-state index contributed by atoms with van der Waals surface area (Å²) in [7, 11) is 0. The molecular weight excluding hydrogens is 252 g/mol. The molecule has 0 aliphatic heterocycles. The summed E-state index contributed by atoms with van der Waals surface area (Å²) < 4.78 is 11.0. The van der Waals surface area contributed by atoms with Crippen LogP contribution >= 0.6 is 0 Å². The molecule has 0 bridgehead atoms. The smallest absolute Gasteiger partial charge is 0.185 e. The van der Waals surface area contributed by atoms with Crippen molar-refractivity contribution in [1.82, 2.24) is 0 Å². The molecule has 1 aliphatic carbocycles.